The van der Waals surface area contributed by atoms with Crippen molar-refractivity contribution in [2.75, 3.05) is 0 Å². The van der Waals surface area contributed by atoms with Crippen molar-refractivity contribution in [2.24, 2.45) is 0 Å². The highest BCUT2D eigenvalue weighted by Gasteiger charge is 2.35. The van der Waals surface area contributed by atoms with Crippen LogP contribution in [0.25, 0.3) is 6.08 Å². The lowest BCUT2D eigenvalue weighted by atomic mass is 10.1. The van der Waals surface area contributed by atoms with Gasteiger partial charge < -0.3 is 0 Å². The Hall–Kier alpha value is -3.70. The summed E-state index contributed by atoms with van der Waals surface area (Å²) in [6.45, 7) is 0.0135. The number of hydrogen-bond donors (Lipinski definition) is 0. The molecule has 0 aromatic heterocycles. The highest BCUT2D eigenvalue weighted by Crippen LogP contribution is 2.32. The largest absolute Gasteiger partial charge is 0.293 e. The van der Waals surface area contributed by atoms with Crippen molar-refractivity contribution >= 4 is 34.7 Å². The average molecular weight is 391 g/mol. The SMILES string of the molecule is N#Cc1ccccc1CN1C(=O)S/C(=C/C=C/c2ccccc2[N+](=O)[O-])C1=O. The zero-order chi connectivity index (χ0) is 20.1. The maximum atomic E-state index is 12.5. The van der Waals surface area contributed by atoms with Gasteiger partial charge in [0.1, 0.15) is 0 Å². The van der Waals surface area contributed by atoms with Gasteiger partial charge in [0.2, 0.25) is 0 Å². The zero-order valence-corrected chi connectivity index (χ0v) is 15.3. The van der Waals surface area contributed by atoms with E-state index in [2.05, 4.69) is 0 Å². The monoisotopic (exact) mass is 391 g/mol. The van der Waals surface area contributed by atoms with Gasteiger partial charge in [0.25, 0.3) is 16.8 Å². The molecule has 1 aliphatic heterocycles. The molecule has 1 fully saturated rings. The maximum Gasteiger partial charge on any atom is 0.293 e. The topological polar surface area (TPSA) is 104 Å². The molecular weight excluding hydrogens is 378 g/mol. The standard InChI is InChI=1S/C20H13N3O4S/c21-12-15-7-1-2-8-16(15)13-22-19(24)18(28-20(22)25)11-5-9-14-6-3-4-10-17(14)23(26)27/h1-11H,13H2/b9-5+,18-11+. The van der Waals surface area contributed by atoms with Crippen LogP contribution in [0.2, 0.25) is 0 Å². The van der Waals surface area contributed by atoms with Gasteiger partial charge in [-0.2, -0.15) is 5.26 Å². The van der Waals surface area contributed by atoms with E-state index in [1.54, 1.807) is 42.5 Å². The number of para-hydroxylation sites is 1. The van der Waals surface area contributed by atoms with Gasteiger partial charge in [0, 0.05) is 6.07 Å². The molecule has 3 rings (SSSR count). The summed E-state index contributed by atoms with van der Waals surface area (Å²) >= 11 is 0.791. The average Bonchev–Trinajstić information content (AvgIpc) is 2.96. The highest BCUT2D eigenvalue weighted by atomic mass is 32.2. The third kappa shape index (κ3) is 4.00. The molecule has 0 bridgehead atoms. The van der Waals surface area contributed by atoms with Crippen LogP contribution >= 0.6 is 11.8 Å². The Morgan fingerprint density at radius 2 is 1.86 bits per heavy atom. The first-order valence-corrected chi connectivity index (χ1v) is 8.96. The fraction of sp³-hybridized carbons (Fsp3) is 0.0500. The summed E-state index contributed by atoms with van der Waals surface area (Å²) in [6, 6.07) is 15.0. The van der Waals surface area contributed by atoms with Gasteiger partial charge in [0.05, 0.1) is 33.6 Å². The molecule has 2 aromatic rings. The van der Waals surface area contributed by atoms with Crippen LogP contribution in [0.5, 0.6) is 0 Å². The van der Waals surface area contributed by atoms with Crippen LogP contribution in [-0.4, -0.2) is 21.0 Å². The number of carbonyl (C=O) groups excluding carboxylic acids is 2. The van der Waals surface area contributed by atoms with E-state index in [1.165, 1.54) is 24.3 Å². The molecule has 2 aromatic carbocycles. The van der Waals surface area contributed by atoms with Crippen molar-refractivity contribution in [3.05, 3.63) is 92.4 Å². The van der Waals surface area contributed by atoms with Gasteiger partial charge in [-0.05, 0) is 41.6 Å². The quantitative estimate of drug-likeness (QED) is 0.428. The molecule has 2 amide bonds. The summed E-state index contributed by atoms with van der Waals surface area (Å²) < 4.78 is 0. The lowest BCUT2D eigenvalue weighted by Gasteiger charge is -2.13. The molecule has 0 saturated carbocycles. The summed E-state index contributed by atoms with van der Waals surface area (Å²) in [7, 11) is 0. The first-order valence-electron chi connectivity index (χ1n) is 8.14. The predicted molar refractivity (Wildman–Crippen MR) is 105 cm³/mol. The number of nitro groups is 1. The van der Waals surface area contributed by atoms with E-state index in [0.29, 0.717) is 16.7 Å². The van der Waals surface area contributed by atoms with Crippen molar-refractivity contribution in [2.45, 2.75) is 6.54 Å². The second-order valence-corrected chi connectivity index (χ2v) is 6.73. The molecule has 1 saturated heterocycles. The first-order chi connectivity index (χ1) is 13.5. The van der Waals surface area contributed by atoms with Crippen LogP contribution in [0.1, 0.15) is 16.7 Å². The summed E-state index contributed by atoms with van der Waals surface area (Å²) in [5.74, 6) is -0.463. The molecule has 0 radical (unpaired) electrons. The number of carbonyl (C=O) groups is 2. The Kier molecular flexibility index (Phi) is 5.67. The molecule has 7 nitrogen and oxygen atoms in total. The number of imide groups is 1. The molecule has 28 heavy (non-hydrogen) atoms. The molecule has 138 valence electrons. The van der Waals surface area contributed by atoms with Crippen LogP contribution < -0.4 is 0 Å². The Morgan fingerprint density at radius 3 is 2.61 bits per heavy atom. The number of allylic oxidation sites excluding steroid dienone is 2. The molecule has 1 heterocycles. The van der Waals surface area contributed by atoms with Crippen LogP contribution in [0.15, 0.2) is 65.6 Å². The summed E-state index contributed by atoms with van der Waals surface area (Å²) in [5, 5.41) is 19.8. The van der Waals surface area contributed by atoms with Gasteiger partial charge in [-0.15, -0.1) is 0 Å². The molecule has 8 heteroatoms. The Labute approximate surface area is 164 Å². The molecule has 0 N–H and O–H groups in total. The number of benzene rings is 2. The van der Waals surface area contributed by atoms with Crippen molar-refractivity contribution < 1.29 is 14.5 Å². The number of amides is 2. The minimum Gasteiger partial charge on any atom is -0.268 e. The highest BCUT2D eigenvalue weighted by molar-refractivity contribution is 8.18. The molecule has 0 unspecified atom stereocenters. The smallest absolute Gasteiger partial charge is 0.268 e. The molecule has 0 aliphatic carbocycles. The lowest BCUT2D eigenvalue weighted by molar-refractivity contribution is -0.385. The van der Waals surface area contributed by atoms with Crippen molar-refractivity contribution in [1.82, 2.24) is 4.90 Å². The van der Waals surface area contributed by atoms with Crippen molar-refractivity contribution in [3.8, 4) is 6.07 Å². The van der Waals surface area contributed by atoms with E-state index < -0.39 is 16.1 Å². The van der Waals surface area contributed by atoms with Crippen LogP contribution in [0.3, 0.4) is 0 Å². The van der Waals surface area contributed by atoms with Crippen LogP contribution in [0, 0.1) is 21.4 Å². The molecule has 0 atom stereocenters. The van der Waals surface area contributed by atoms with E-state index in [9.17, 15) is 19.7 Å². The Bertz CT molecular complexity index is 1070. The van der Waals surface area contributed by atoms with Crippen molar-refractivity contribution in [1.29, 1.82) is 5.26 Å². The second kappa shape index (κ2) is 8.33. The number of nitrogens with zero attached hydrogens (tertiary/aromatic N) is 3. The number of nitro benzene ring substituents is 1. The number of hydrogen-bond acceptors (Lipinski definition) is 6. The van der Waals surface area contributed by atoms with Gasteiger partial charge in [0.15, 0.2) is 0 Å². The van der Waals surface area contributed by atoms with E-state index in [1.807, 2.05) is 6.07 Å². The zero-order valence-electron chi connectivity index (χ0n) is 14.4. The summed E-state index contributed by atoms with van der Waals surface area (Å²) in [6.07, 6.45) is 4.47. The second-order valence-electron chi connectivity index (χ2n) is 5.73. The Morgan fingerprint density at radius 1 is 1.14 bits per heavy atom. The van der Waals surface area contributed by atoms with Gasteiger partial charge >= 0.3 is 0 Å². The van der Waals surface area contributed by atoms with E-state index in [-0.39, 0.29) is 17.1 Å². The molecule has 0 spiro atoms. The third-order valence-corrected chi connectivity index (χ3v) is 4.92. The van der Waals surface area contributed by atoms with Crippen molar-refractivity contribution in [3.63, 3.8) is 0 Å². The summed E-state index contributed by atoms with van der Waals surface area (Å²) in [4.78, 5) is 36.6. The first kappa shape index (κ1) is 19.1. The minimum atomic E-state index is -0.486. The number of nitriles is 1. The fourth-order valence-electron chi connectivity index (χ4n) is 2.62. The maximum absolute atomic E-state index is 12.5. The minimum absolute atomic E-state index is 0.0135. The lowest BCUT2D eigenvalue weighted by Crippen LogP contribution is -2.27. The van der Waals surface area contributed by atoms with Crippen LogP contribution in [-0.2, 0) is 11.3 Å². The van der Waals surface area contributed by atoms with Gasteiger partial charge in [-0.3, -0.25) is 24.6 Å². The van der Waals surface area contributed by atoms with Gasteiger partial charge in [-0.1, -0.05) is 36.4 Å². The van der Waals surface area contributed by atoms with Gasteiger partial charge in [-0.25, -0.2) is 0 Å². The van der Waals surface area contributed by atoms with E-state index in [0.717, 1.165) is 16.7 Å². The summed E-state index contributed by atoms with van der Waals surface area (Å²) in [5.41, 5.74) is 1.34. The number of thioether (sulfide) groups is 1. The predicted octanol–water partition coefficient (Wildman–Crippen LogP) is 4.26. The van der Waals surface area contributed by atoms with E-state index >= 15 is 0 Å². The molecule has 1 aliphatic rings. The fourth-order valence-corrected chi connectivity index (χ4v) is 3.41. The van der Waals surface area contributed by atoms with E-state index in [4.69, 9.17) is 5.26 Å². The normalized spacial score (nSPS) is 15.4. The third-order valence-electron chi connectivity index (χ3n) is 4.00. The number of rotatable bonds is 5. The Balaban J connectivity index is 1.78. The molecular formula is C20H13N3O4S. The van der Waals surface area contributed by atoms with Crippen LogP contribution in [0.4, 0.5) is 10.5 Å².